The van der Waals surface area contributed by atoms with E-state index < -0.39 is 0 Å². The Kier molecular flexibility index (Phi) is 6.78. The number of aryl methyl sites for hydroxylation is 3. The van der Waals surface area contributed by atoms with Crippen LogP contribution in [0.25, 0.3) is 0 Å². The third-order valence-electron chi connectivity index (χ3n) is 5.99. The molecule has 0 saturated carbocycles. The molecular formula is C25H29N3O2S. The van der Waals surface area contributed by atoms with Gasteiger partial charge in [-0.15, -0.1) is 11.8 Å². The van der Waals surface area contributed by atoms with Crippen LogP contribution >= 0.6 is 11.8 Å². The molecule has 0 bridgehead atoms. The molecule has 0 aliphatic carbocycles. The number of carbonyl (C=O) groups excluding carboxylic acids is 1. The molecule has 1 fully saturated rings. The van der Waals surface area contributed by atoms with Crippen LogP contribution in [0.15, 0.2) is 57.9 Å². The van der Waals surface area contributed by atoms with Gasteiger partial charge < -0.3 is 9.42 Å². The van der Waals surface area contributed by atoms with Crippen molar-refractivity contribution >= 4 is 17.7 Å². The number of rotatable bonds is 6. The van der Waals surface area contributed by atoms with Gasteiger partial charge in [0.1, 0.15) is 5.76 Å². The highest BCUT2D eigenvalue weighted by atomic mass is 32.2. The van der Waals surface area contributed by atoms with Gasteiger partial charge in [-0.1, -0.05) is 41.6 Å². The van der Waals surface area contributed by atoms with Crippen molar-refractivity contribution in [3.63, 3.8) is 0 Å². The normalized spacial score (nSPS) is 14.7. The number of piperazine rings is 1. The zero-order chi connectivity index (χ0) is 21.8. The number of nitrogens with zero attached hydrogens (tertiary/aromatic N) is 3. The van der Waals surface area contributed by atoms with Crippen LogP contribution in [0.5, 0.6) is 0 Å². The SMILES string of the molecule is Cc1ccccc1CN1CCN(C(=O)c2ccccc2SCc2c(C)noc2C)CC1. The molecule has 1 aliphatic rings. The number of thioether (sulfide) groups is 1. The molecule has 31 heavy (non-hydrogen) atoms. The van der Waals surface area contributed by atoms with Gasteiger partial charge in [0, 0.05) is 48.9 Å². The fraction of sp³-hybridized carbons (Fsp3) is 0.360. The van der Waals surface area contributed by atoms with Crippen LogP contribution in [0.1, 0.15) is 38.5 Å². The first kappa shape index (κ1) is 21.7. The van der Waals surface area contributed by atoms with Gasteiger partial charge in [-0.25, -0.2) is 0 Å². The molecule has 4 rings (SSSR count). The van der Waals surface area contributed by atoms with E-state index >= 15 is 0 Å². The second-order valence-electron chi connectivity index (χ2n) is 8.08. The zero-order valence-corrected chi connectivity index (χ0v) is 19.2. The summed E-state index contributed by atoms with van der Waals surface area (Å²) < 4.78 is 5.27. The lowest BCUT2D eigenvalue weighted by atomic mass is 10.1. The van der Waals surface area contributed by atoms with E-state index in [1.807, 2.05) is 43.0 Å². The minimum Gasteiger partial charge on any atom is -0.361 e. The van der Waals surface area contributed by atoms with E-state index in [4.69, 9.17) is 4.52 Å². The summed E-state index contributed by atoms with van der Waals surface area (Å²) in [6.07, 6.45) is 0. The van der Waals surface area contributed by atoms with Crippen LogP contribution < -0.4 is 0 Å². The Bertz CT molecular complexity index is 1030. The van der Waals surface area contributed by atoms with Gasteiger partial charge in [0.15, 0.2) is 0 Å². The molecule has 1 aliphatic heterocycles. The van der Waals surface area contributed by atoms with E-state index in [0.717, 1.165) is 66.0 Å². The number of amides is 1. The maximum Gasteiger partial charge on any atom is 0.255 e. The average Bonchev–Trinajstić information content (AvgIpc) is 3.11. The second-order valence-corrected chi connectivity index (χ2v) is 9.10. The minimum absolute atomic E-state index is 0.123. The molecule has 1 saturated heterocycles. The molecule has 0 spiro atoms. The molecule has 6 heteroatoms. The Hall–Kier alpha value is -2.57. The number of hydrogen-bond acceptors (Lipinski definition) is 5. The van der Waals surface area contributed by atoms with Crippen molar-refractivity contribution < 1.29 is 9.32 Å². The maximum atomic E-state index is 13.3. The van der Waals surface area contributed by atoms with E-state index in [2.05, 4.69) is 41.2 Å². The summed E-state index contributed by atoms with van der Waals surface area (Å²) in [5, 5.41) is 4.03. The Labute approximate surface area is 188 Å². The summed E-state index contributed by atoms with van der Waals surface area (Å²) in [7, 11) is 0. The fourth-order valence-corrected chi connectivity index (χ4v) is 5.13. The number of carbonyl (C=O) groups is 1. The van der Waals surface area contributed by atoms with Crippen LogP contribution in [0.4, 0.5) is 0 Å². The second kappa shape index (κ2) is 9.71. The van der Waals surface area contributed by atoms with Crippen LogP contribution in [0.2, 0.25) is 0 Å². The monoisotopic (exact) mass is 435 g/mol. The fourth-order valence-electron chi connectivity index (χ4n) is 3.93. The van der Waals surface area contributed by atoms with Gasteiger partial charge in [-0.2, -0.15) is 0 Å². The average molecular weight is 436 g/mol. The number of benzene rings is 2. The quantitative estimate of drug-likeness (QED) is 0.518. The summed E-state index contributed by atoms with van der Waals surface area (Å²) >= 11 is 1.67. The summed E-state index contributed by atoms with van der Waals surface area (Å²) in [6.45, 7) is 10.3. The van der Waals surface area contributed by atoms with E-state index in [-0.39, 0.29) is 5.91 Å². The smallest absolute Gasteiger partial charge is 0.255 e. The van der Waals surface area contributed by atoms with E-state index in [1.165, 1.54) is 11.1 Å². The first-order valence-corrected chi connectivity index (χ1v) is 11.7. The van der Waals surface area contributed by atoms with Crippen LogP contribution in [0, 0.1) is 20.8 Å². The number of aromatic nitrogens is 1. The van der Waals surface area contributed by atoms with Crippen molar-refractivity contribution in [2.75, 3.05) is 26.2 Å². The first-order valence-electron chi connectivity index (χ1n) is 10.7. The van der Waals surface area contributed by atoms with Crippen LogP contribution in [-0.4, -0.2) is 47.0 Å². The lowest BCUT2D eigenvalue weighted by molar-refractivity contribution is 0.0625. The van der Waals surface area contributed by atoms with E-state index in [9.17, 15) is 4.79 Å². The Morgan fingerprint density at radius 1 is 1.00 bits per heavy atom. The van der Waals surface area contributed by atoms with Crippen LogP contribution in [-0.2, 0) is 12.3 Å². The molecule has 162 valence electrons. The van der Waals surface area contributed by atoms with Crippen molar-refractivity contribution in [2.45, 2.75) is 38.0 Å². The highest BCUT2D eigenvalue weighted by molar-refractivity contribution is 7.98. The highest BCUT2D eigenvalue weighted by Gasteiger charge is 2.24. The summed E-state index contributed by atoms with van der Waals surface area (Å²) in [4.78, 5) is 18.7. The third-order valence-corrected chi connectivity index (χ3v) is 7.09. The summed E-state index contributed by atoms with van der Waals surface area (Å²) in [5.74, 6) is 1.71. The predicted octanol–water partition coefficient (Wildman–Crippen LogP) is 4.85. The predicted molar refractivity (Wildman–Crippen MR) is 124 cm³/mol. The zero-order valence-electron chi connectivity index (χ0n) is 18.4. The highest BCUT2D eigenvalue weighted by Crippen LogP contribution is 2.29. The van der Waals surface area contributed by atoms with Gasteiger partial charge in [-0.3, -0.25) is 9.69 Å². The third kappa shape index (κ3) is 5.02. The largest absolute Gasteiger partial charge is 0.361 e. The molecule has 1 aromatic heterocycles. The van der Waals surface area contributed by atoms with Gasteiger partial charge >= 0.3 is 0 Å². The molecule has 0 atom stereocenters. The van der Waals surface area contributed by atoms with Crippen LogP contribution in [0.3, 0.4) is 0 Å². The van der Waals surface area contributed by atoms with Crippen molar-refractivity contribution in [1.82, 2.24) is 15.0 Å². The minimum atomic E-state index is 0.123. The molecule has 0 N–H and O–H groups in total. The first-order chi connectivity index (χ1) is 15.0. The van der Waals surface area contributed by atoms with Crippen molar-refractivity contribution in [3.8, 4) is 0 Å². The van der Waals surface area contributed by atoms with Crippen molar-refractivity contribution in [3.05, 3.63) is 82.2 Å². The Balaban J connectivity index is 1.38. The lowest BCUT2D eigenvalue weighted by Gasteiger charge is -2.35. The van der Waals surface area contributed by atoms with Gasteiger partial charge in [0.25, 0.3) is 5.91 Å². The molecule has 1 amide bonds. The lowest BCUT2D eigenvalue weighted by Crippen LogP contribution is -2.48. The van der Waals surface area contributed by atoms with Gasteiger partial charge in [0.05, 0.1) is 11.3 Å². The molecule has 0 radical (unpaired) electrons. The van der Waals surface area contributed by atoms with E-state index in [0.29, 0.717) is 0 Å². The molecule has 2 aromatic carbocycles. The topological polar surface area (TPSA) is 49.6 Å². The summed E-state index contributed by atoms with van der Waals surface area (Å²) in [5.41, 5.74) is 5.50. The molecule has 2 heterocycles. The Morgan fingerprint density at radius 2 is 1.71 bits per heavy atom. The van der Waals surface area contributed by atoms with Gasteiger partial charge in [-0.05, 0) is 44.0 Å². The summed E-state index contributed by atoms with van der Waals surface area (Å²) in [6, 6.07) is 16.4. The Morgan fingerprint density at radius 3 is 2.42 bits per heavy atom. The molecule has 0 unspecified atom stereocenters. The van der Waals surface area contributed by atoms with Crippen molar-refractivity contribution in [2.24, 2.45) is 0 Å². The molecular weight excluding hydrogens is 406 g/mol. The molecule has 3 aromatic rings. The van der Waals surface area contributed by atoms with E-state index in [1.54, 1.807) is 11.8 Å². The van der Waals surface area contributed by atoms with Gasteiger partial charge in [0.2, 0.25) is 0 Å². The van der Waals surface area contributed by atoms with Crippen molar-refractivity contribution in [1.29, 1.82) is 0 Å². The molecule has 5 nitrogen and oxygen atoms in total. The number of hydrogen-bond donors (Lipinski definition) is 0. The standard InChI is InChI=1S/C25H29N3O2S/c1-18-8-4-5-9-21(18)16-27-12-14-28(15-13-27)25(29)22-10-6-7-11-24(22)31-17-23-19(2)26-30-20(23)3/h4-11H,12-17H2,1-3H3. The maximum absolute atomic E-state index is 13.3.